The van der Waals surface area contributed by atoms with Gasteiger partial charge in [-0.25, -0.2) is 21.6 Å². The minimum absolute atomic E-state index is 0.101. The Morgan fingerprint density at radius 3 is 2.55 bits per heavy atom. The Balaban J connectivity index is 2.23. The molecule has 0 bridgehead atoms. The Labute approximate surface area is 135 Å². The number of sulfone groups is 1. The molecule has 1 aliphatic heterocycles. The lowest BCUT2D eigenvalue weighted by Gasteiger charge is -2.23. The van der Waals surface area contributed by atoms with Crippen LogP contribution in [0.4, 0.5) is 0 Å². The van der Waals surface area contributed by atoms with Crippen LogP contribution in [0, 0.1) is 0 Å². The van der Waals surface area contributed by atoms with Crippen LogP contribution in [0.15, 0.2) is 32.0 Å². The lowest BCUT2D eigenvalue weighted by atomic mass is 10.2. The largest absolute Gasteiger partial charge is 0.241 e. The number of benzene rings is 1. The van der Waals surface area contributed by atoms with Crippen molar-refractivity contribution in [2.45, 2.75) is 23.8 Å². The van der Waals surface area contributed by atoms with E-state index in [4.69, 9.17) is 0 Å². The Morgan fingerprint density at radius 2 is 1.95 bits per heavy atom. The van der Waals surface area contributed by atoms with Crippen LogP contribution in [-0.4, -0.2) is 34.4 Å². The van der Waals surface area contributed by atoms with Crippen molar-refractivity contribution in [2.24, 2.45) is 0 Å². The summed E-state index contributed by atoms with van der Waals surface area (Å²) in [5, 5.41) is 0. The zero-order valence-corrected chi connectivity index (χ0v) is 15.1. The zero-order chi connectivity index (χ0) is 15.0. The molecule has 20 heavy (non-hydrogen) atoms. The van der Waals surface area contributed by atoms with Gasteiger partial charge >= 0.3 is 0 Å². The van der Waals surface area contributed by atoms with Gasteiger partial charge in [0.1, 0.15) is 0 Å². The molecule has 112 valence electrons. The molecule has 0 aliphatic carbocycles. The predicted octanol–water partition coefficient (Wildman–Crippen LogP) is 2.07. The molecule has 9 heteroatoms. The third kappa shape index (κ3) is 4.03. The van der Waals surface area contributed by atoms with Gasteiger partial charge in [-0.1, -0.05) is 15.9 Å². The molecule has 1 N–H and O–H groups in total. The first-order valence-electron chi connectivity index (χ1n) is 5.87. The van der Waals surface area contributed by atoms with Gasteiger partial charge in [0.05, 0.1) is 16.4 Å². The minimum atomic E-state index is -3.74. The van der Waals surface area contributed by atoms with E-state index in [0.29, 0.717) is 17.3 Å². The minimum Gasteiger partial charge on any atom is -0.229 e. The van der Waals surface area contributed by atoms with E-state index in [2.05, 4.69) is 36.6 Å². The third-order valence-corrected chi connectivity index (χ3v) is 7.78. The second kappa shape index (κ2) is 6.04. The van der Waals surface area contributed by atoms with Crippen LogP contribution in [0.5, 0.6) is 0 Å². The molecular weight excluding hydrogens is 434 g/mol. The highest BCUT2D eigenvalue weighted by Gasteiger charge is 2.29. The normalized spacial score (nSPS) is 22.6. The standard InChI is InChI=1S/C11H13Br2NO4S2/c12-8-3-4-11(10(13)6-8)20(17,18)14-9-2-1-5-19(15,16)7-9/h3-4,6,9,14H,1-2,5,7H2. The van der Waals surface area contributed by atoms with Crippen LogP contribution in [-0.2, 0) is 19.9 Å². The maximum Gasteiger partial charge on any atom is 0.241 e. The molecule has 1 unspecified atom stereocenters. The summed E-state index contributed by atoms with van der Waals surface area (Å²) >= 11 is 6.45. The molecule has 1 atom stereocenters. The number of hydrogen-bond donors (Lipinski definition) is 1. The van der Waals surface area contributed by atoms with Crippen LogP contribution in [0.1, 0.15) is 12.8 Å². The second-order valence-electron chi connectivity index (χ2n) is 4.65. The summed E-state index contributed by atoms with van der Waals surface area (Å²) in [7, 11) is -6.89. The van der Waals surface area contributed by atoms with E-state index in [0.717, 1.165) is 4.47 Å². The number of nitrogens with one attached hydrogen (secondary N) is 1. The SMILES string of the molecule is O=S1(=O)CCCC(NS(=O)(=O)c2ccc(Br)cc2Br)C1. The van der Waals surface area contributed by atoms with Gasteiger partial charge in [-0.15, -0.1) is 0 Å². The van der Waals surface area contributed by atoms with Gasteiger partial charge in [-0.05, 0) is 47.0 Å². The van der Waals surface area contributed by atoms with Crippen molar-refractivity contribution < 1.29 is 16.8 Å². The molecule has 2 rings (SSSR count). The molecule has 0 radical (unpaired) electrons. The summed E-state index contributed by atoms with van der Waals surface area (Å²) < 4.78 is 51.3. The third-order valence-electron chi connectivity index (χ3n) is 2.97. The van der Waals surface area contributed by atoms with Crippen molar-refractivity contribution in [3.05, 3.63) is 27.1 Å². The van der Waals surface area contributed by atoms with E-state index >= 15 is 0 Å². The summed E-state index contributed by atoms with van der Waals surface area (Å²) in [4.78, 5) is 0.101. The fraction of sp³-hybridized carbons (Fsp3) is 0.455. The van der Waals surface area contributed by atoms with Gasteiger partial charge in [0.2, 0.25) is 10.0 Å². The first kappa shape index (κ1) is 16.4. The molecule has 1 fully saturated rings. The maximum atomic E-state index is 12.3. The molecule has 0 amide bonds. The molecule has 1 aliphatic rings. The van der Waals surface area contributed by atoms with Crippen molar-refractivity contribution in [3.8, 4) is 0 Å². The van der Waals surface area contributed by atoms with Gasteiger partial charge < -0.3 is 0 Å². The van der Waals surface area contributed by atoms with Crippen LogP contribution in [0.25, 0.3) is 0 Å². The Hall–Kier alpha value is 0.0400. The van der Waals surface area contributed by atoms with Crippen molar-refractivity contribution in [3.63, 3.8) is 0 Å². The Morgan fingerprint density at radius 1 is 1.25 bits per heavy atom. The number of hydrogen-bond acceptors (Lipinski definition) is 4. The average Bonchev–Trinajstić information content (AvgIpc) is 2.25. The summed E-state index contributed by atoms with van der Waals surface area (Å²) in [5.74, 6) is -0.00637. The van der Waals surface area contributed by atoms with E-state index in [9.17, 15) is 16.8 Å². The van der Waals surface area contributed by atoms with Gasteiger partial charge in [-0.3, -0.25) is 0 Å². The number of rotatable bonds is 3. The van der Waals surface area contributed by atoms with Gasteiger partial charge in [0.25, 0.3) is 0 Å². The van der Waals surface area contributed by atoms with Gasteiger partial charge in [-0.2, -0.15) is 0 Å². The van der Waals surface area contributed by atoms with Crippen LogP contribution in [0.3, 0.4) is 0 Å². The lowest BCUT2D eigenvalue weighted by Crippen LogP contribution is -2.43. The molecule has 1 aromatic rings. The Bertz CT molecular complexity index is 716. The molecule has 1 saturated heterocycles. The molecule has 0 spiro atoms. The fourth-order valence-electron chi connectivity index (χ4n) is 2.09. The first-order valence-corrected chi connectivity index (χ1v) is 10.8. The summed E-state index contributed by atoms with van der Waals surface area (Å²) in [6, 6.07) is 4.16. The van der Waals surface area contributed by atoms with Crippen molar-refractivity contribution in [1.82, 2.24) is 4.72 Å². The van der Waals surface area contributed by atoms with E-state index in [-0.39, 0.29) is 16.4 Å². The number of sulfonamides is 1. The highest BCUT2D eigenvalue weighted by atomic mass is 79.9. The van der Waals surface area contributed by atoms with Crippen molar-refractivity contribution in [1.29, 1.82) is 0 Å². The van der Waals surface area contributed by atoms with Gasteiger partial charge in [0, 0.05) is 15.0 Å². The van der Waals surface area contributed by atoms with Crippen LogP contribution in [0.2, 0.25) is 0 Å². The van der Waals surface area contributed by atoms with Gasteiger partial charge in [0.15, 0.2) is 9.84 Å². The highest BCUT2D eigenvalue weighted by molar-refractivity contribution is 9.11. The van der Waals surface area contributed by atoms with Crippen molar-refractivity contribution >= 4 is 51.7 Å². The quantitative estimate of drug-likeness (QED) is 0.770. The summed E-state index contributed by atoms with van der Waals surface area (Å²) in [6.45, 7) is 0. The predicted molar refractivity (Wildman–Crippen MR) is 83.8 cm³/mol. The average molecular weight is 447 g/mol. The fourth-order valence-corrected chi connectivity index (χ4v) is 6.85. The maximum absolute atomic E-state index is 12.3. The van der Waals surface area contributed by atoms with Crippen molar-refractivity contribution in [2.75, 3.05) is 11.5 Å². The van der Waals surface area contributed by atoms with Crippen LogP contribution >= 0.6 is 31.9 Å². The zero-order valence-electron chi connectivity index (χ0n) is 10.3. The Kier molecular flexibility index (Phi) is 4.95. The highest BCUT2D eigenvalue weighted by Crippen LogP contribution is 2.26. The summed E-state index contributed by atoms with van der Waals surface area (Å²) in [6.07, 6.45) is 1.02. The first-order chi connectivity index (χ1) is 9.20. The summed E-state index contributed by atoms with van der Waals surface area (Å²) in [5.41, 5.74) is 0. The van der Waals surface area contributed by atoms with E-state index in [1.54, 1.807) is 12.1 Å². The van der Waals surface area contributed by atoms with E-state index in [1.165, 1.54) is 6.07 Å². The lowest BCUT2D eigenvalue weighted by molar-refractivity contribution is 0.517. The van der Waals surface area contributed by atoms with E-state index < -0.39 is 25.9 Å². The molecular formula is C11H13Br2NO4S2. The smallest absolute Gasteiger partial charge is 0.229 e. The number of halogens is 2. The molecule has 1 aromatic carbocycles. The molecule has 0 saturated carbocycles. The monoisotopic (exact) mass is 445 g/mol. The van der Waals surface area contributed by atoms with E-state index in [1.807, 2.05) is 0 Å². The molecule has 0 aromatic heterocycles. The second-order valence-corrected chi connectivity index (χ2v) is 10.3. The van der Waals surface area contributed by atoms with Crippen LogP contribution < -0.4 is 4.72 Å². The molecule has 1 heterocycles. The molecule has 5 nitrogen and oxygen atoms in total. The topological polar surface area (TPSA) is 80.3 Å².